The van der Waals surface area contributed by atoms with Gasteiger partial charge in [-0.1, -0.05) is 29.8 Å². The van der Waals surface area contributed by atoms with Crippen molar-refractivity contribution in [2.45, 2.75) is 26.4 Å². The smallest absolute Gasteiger partial charge is 0.0675 e. The number of ether oxygens (including phenoxy) is 1. The first-order valence-corrected chi connectivity index (χ1v) is 5.03. The monoisotopic (exact) mass is 206 g/mol. The fraction of sp³-hybridized carbons (Fsp3) is 1.00. The van der Waals surface area contributed by atoms with Crippen LogP contribution in [0.5, 0.6) is 0 Å². The van der Waals surface area contributed by atoms with Crippen molar-refractivity contribution in [1.29, 1.82) is 0 Å². The number of halogens is 1. The first-order chi connectivity index (χ1) is 4.74. The lowest BCUT2D eigenvalue weighted by Gasteiger charge is -2.10. The van der Waals surface area contributed by atoms with Gasteiger partial charge in [0.1, 0.15) is 0 Å². The molecule has 0 unspecified atom stereocenters. The summed E-state index contributed by atoms with van der Waals surface area (Å²) in [6, 6.07) is 0. The van der Waals surface area contributed by atoms with Crippen molar-refractivity contribution in [2.24, 2.45) is 11.8 Å². The maximum absolute atomic E-state index is 5.53. The van der Waals surface area contributed by atoms with Gasteiger partial charge in [-0.3, -0.25) is 0 Å². The SMILES string of the molecule is CC(C)[C@@H]1CO[C@@H](CBr)C1. The third-order valence-corrected chi connectivity index (χ3v) is 2.95. The molecule has 1 fully saturated rings. The molecule has 0 aromatic carbocycles. The van der Waals surface area contributed by atoms with Crippen LogP contribution in [0.15, 0.2) is 0 Å². The Morgan fingerprint density at radius 2 is 2.30 bits per heavy atom. The van der Waals surface area contributed by atoms with Gasteiger partial charge in [0.15, 0.2) is 0 Å². The predicted molar refractivity (Wildman–Crippen MR) is 46.5 cm³/mol. The molecule has 0 spiro atoms. The molecule has 60 valence electrons. The molecule has 0 aromatic heterocycles. The van der Waals surface area contributed by atoms with Crippen molar-refractivity contribution in [3.63, 3.8) is 0 Å². The summed E-state index contributed by atoms with van der Waals surface area (Å²) in [4.78, 5) is 0. The molecule has 0 aromatic rings. The minimum atomic E-state index is 0.479. The molecule has 1 aliphatic rings. The van der Waals surface area contributed by atoms with Crippen LogP contribution in [0.4, 0.5) is 0 Å². The van der Waals surface area contributed by atoms with Gasteiger partial charge in [0.2, 0.25) is 0 Å². The summed E-state index contributed by atoms with van der Waals surface area (Å²) >= 11 is 3.43. The summed E-state index contributed by atoms with van der Waals surface area (Å²) in [5.74, 6) is 1.58. The van der Waals surface area contributed by atoms with Crippen molar-refractivity contribution >= 4 is 15.9 Å². The molecule has 0 aliphatic carbocycles. The van der Waals surface area contributed by atoms with Crippen LogP contribution in [0, 0.1) is 11.8 Å². The van der Waals surface area contributed by atoms with Gasteiger partial charge in [0, 0.05) is 5.33 Å². The lowest BCUT2D eigenvalue weighted by molar-refractivity contribution is 0.120. The predicted octanol–water partition coefficient (Wildman–Crippen LogP) is 2.44. The third-order valence-electron chi connectivity index (χ3n) is 2.23. The Labute approximate surface area is 71.3 Å². The van der Waals surface area contributed by atoms with E-state index < -0.39 is 0 Å². The van der Waals surface area contributed by atoms with E-state index in [1.54, 1.807) is 0 Å². The maximum atomic E-state index is 5.53. The van der Waals surface area contributed by atoms with Crippen molar-refractivity contribution < 1.29 is 4.74 Å². The molecule has 2 atom stereocenters. The highest BCUT2D eigenvalue weighted by molar-refractivity contribution is 9.09. The van der Waals surface area contributed by atoms with Crippen molar-refractivity contribution in [3.05, 3.63) is 0 Å². The van der Waals surface area contributed by atoms with Gasteiger partial charge >= 0.3 is 0 Å². The second kappa shape index (κ2) is 3.72. The summed E-state index contributed by atoms with van der Waals surface area (Å²) in [7, 11) is 0. The Bertz CT molecular complexity index is 103. The molecule has 2 heteroatoms. The molecule has 1 saturated heterocycles. The second-order valence-corrected chi connectivity index (χ2v) is 4.00. The summed E-state index contributed by atoms with van der Waals surface area (Å²) in [6.07, 6.45) is 1.72. The summed E-state index contributed by atoms with van der Waals surface area (Å²) in [5.41, 5.74) is 0. The standard InChI is InChI=1S/C8H15BrO/c1-6(2)7-3-8(4-9)10-5-7/h6-8H,3-5H2,1-2H3/t7-,8+/m0/s1. The highest BCUT2D eigenvalue weighted by Gasteiger charge is 2.26. The number of hydrogen-bond acceptors (Lipinski definition) is 1. The maximum Gasteiger partial charge on any atom is 0.0675 e. The van der Waals surface area contributed by atoms with E-state index in [1.165, 1.54) is 6.42 Å². The minimum absolute atomic E-state index is 0.479. The van der Waals surface area contributed by atoms with Gasteiger partial charge in [-0.15, -0.1) is 0 Å². The minimum Gasteiger partial charge on any atom is -0.377 e. The van der Waals surface area contributed by atoms with Gasteiger partial charge in [-0.2, -0.15) is 0 Å². The van der Waals surface area contributed by atoms with E-state index in [1.807, 2.05) is 0 Å². The zero-order chi connectivity index (χ0) is 7.56. The fourth-order valence-corrected chi connectivity index (χ4v) is 1.76. The van der Waals surface area contributed by atoms with E-state index in [-0.39, 0.29) is 0 Å². The van der Waals surface area contributed by atoms with Crippen LogP contribution in [0.2, 0.25) is 0 Å². The zero-order valence-electron chi connectivity index (χ0n) is 6.64. The summed E-state index contributed by atoms with van der Waals surface area (Å²) in [5, 5.41) is 0.996. The van der Waals surface area contributed by atoms with E-state index in [2.05, 4.69) is 29.8 Å². The summed E-state index contributed by atoms with van der Waals surface area (Å²) in [6.45, 7) is 5.50. The Morgan fingerprint density at radius 3 is 2.60 bits per heavy atom. The Kier molecular flexibility index (Phi) is 3.18. The molecule has 0 bridgehead atoms. The Morgan fingerprint density at radius 1 is 1.60 bits per heavy atom. The molecule has 1 rings (SSSR count). The quantitative estimate of drug-likeness (QED) is 0.632. The molecule has 1 nitrogen and oxygen atoms in total. The molecular weight excluding hydrogens is 192 g/mol. The lowest BCUT2D eigenvalue weighted by atomic mass is 9.94. The van der Waals surface area contributed by atoms with Crippen LogP contribution >= 0.6 is 15.9 Å². The molecule has 1 aliphatic heterocycles. The first kappa shape index (κ1) is 8.54. The van der Waals surface area contributed by atoms with Crippen LogP contribution in [0.3, 0.4) is 0 Å². The van der Waals surface area contributed by atoms with E-state index in [9.17, 15) is 0 Å². The van der Waals surface area contributed by atoms with Crippen molar-refractivity contribution in [3.8, 4) is 0 Å². The topological polar surface area (TPSA) is 9.23 Å². The number of alkyl halides is 1. The molecule has 0 saturated carbocycles. The van der Waals surface area contributed by atoms with Gasteiger partial charge < -0.3 is 4.74 Å². The highest BCUT2D eigenvalue weighted by atomic mass is 79.9. The summed E-state index contributed by atoms with van der Waals surface area (Å²) < 4.78 is 5.53. The van der Waals surface area contributed by atoms with Crippen LogP contribution in [0.1, 0.15) is 20.3 Å². The van der Waals surface area contributed by atoms with E-state index >= 15 is 0 Å². The molecule has 1 heterocycles. The lowest BCUT2D eigenvalue weighted by Crippen LogP contribution is -2.08. The Balaban J connectivity index is 2.28. The average Bonchev–Trinajstić information content (AvgIpc) is 2.34. The molecule has 0 radical (unpaired) electrons. The van der Waals surface area contributed by atoms with Crippen LogP contribution < -0.4 is 0 Å². The molecular formula is C8H15BrO. The molecule has 0 N–H and O–H groups in total. The van der Waals surface area contributed by atoms with E-state index in [4.69, 9.17) is 4.74 Å². The van der Waals surface area contributed by atoms with Crippen LogP contribution in [0.25, 0.3) is 0 Å². The van der Waals surface area contributed by atoms with Crippen molar-refractivity contribution in [1.82, 2.24) is 0 Å². The first-order valence-electron chi connectivity index (χ1n) is 3.91. The third kappa shape index (κ3) is 1.96. The van der Waals surface area contributed by atoms with Gasteiger partial charge in [0.25, 0.3) is 0 Å². The van der Waals surface area contributed by atoms with Gasteiger partial charge in [-0.05, 0) is 18.3 Å². The second-order valence-electron chi connectivity index (χ2n) is 3.35. The molecule has 10 heavy (non-hydrogen) atoms. The van der Waals surface area contributed by atoms with Crippen LogP contribution in [-0.4, -0.2) is 18.0 Å². The van der Waals surface area contributed by atoms with Crippen LogP contribution in [-0.2, 0) is 4.74 Å². The molecule has 0 amide bonds. The average molecular weight is 207 g/mol. The highest BCUT2D eigenvalue weighted by Crippen LogP contribution is 2.26. The number of rotatable bonds is 2. The van der Waals surface area contributed by atoms with E-state index in [0.29, 0.717) is 6.10 Å². The Hall–Kier alpha value is 0.440. The van der Waals surface area contributed by atoms with Gasteiger partial charge in [-0.25, -0.2) is 0 Å². The van der Waals surface area contributed by atoms with E-state index in [0.717, 1.165) is 23.8 Å². The van der Waals surface area contributed by atoms with Crippen molar-refractivity contribution in [2.75, 3.05) is 11.9 Å². The normalized spacial score (nSPS) is 33.6. The zero-order valence-corrected chi connectivity index (χ0v) is 8.23. The largest absolute Gasteiger partial charge is 0.377 e. The number of hydrogen-bond donors (Lipinski definition) is 0. The fourth-order valence-electron chi connectivity index (χ4n) is 1.31. The van der Waals surface area contributed by atoms with Gasteiger partial charge in [0.05, 0.1) is 12.7 Å².